The third kappa shape index (κ3) is 3.37. The predicted octanol–water partition coefficient (Wildman–Crippen LogP) is 3.29. The van der Waals surface area contributed by atoms with E-state index in [2.05, 4.69) is 52.7 Å². The van der Waals surface area contributed by atoms with Gasteiger partial charge in [-0.3, -0.25) is 0 Å². The van der Waals surface area contributed by atoms with Crippen LogP contribution in [0.4, 0.5) is 0 Å². The molecule has 0 saturated heterocycles. The molecule has 18 heavy (non-hydrogen) atoms. The zero-order chi connectivity index (χ0) is 13.0. The van der Waals surface area contributed by atoms with Crippen molar-refractivity contribution in [2.45, 2.75) is 31.3 Å². The Morgan fingerprint density at radius 1 is 1.33 bits per heavy atom. The average Bonchev–Trinajstić information content (AvgIpc) is 2.82. The third-order valence-corrected chi connectivity index (χ3v) is 3.71. The molecule has 1 unspecified atom stereocenters. The first-order valence-corrected chi connectivity index (χ1v) is 7.29. The maximum atomic E-state index is 4.19. The van der Waals surface area contributed by atoms with Crippen LogP contribution in [0, 0.1) is 6.92 Å². The van der Waals surface area contributed by atoms with Gasteiger partial charge in [0.2, 0.25) is 0 Å². The van der Waals surface area contributed by atoms with Gasteiger partial charge in [0.25, 0.3) is 0 Å². The first kappa shape index (κ1) is 13.2. The molecule has 0 aliphatic heterocycles. The van der Waals surface area contributed by atoms with Gasteiger partial charge < -0.3 is 10.3 Å². The predicted molar refractivity (Wildman–Crippen MR) is 76.8 cm³/mol. The number of hydrogen-bond acceptors (Lipinski definition) is 3. The van der Waals surface area contributed by atoms with Crippen molar-refractivity contribution in [3.05, 3.63) is 47.5 Å². The maximum Gasteiger partial charge on any atom is 0.103 e. The number of benzene rings is 1. The zero-order valence-corrected chi connectivity index (χ0v) is 11.8. The van der Waals surface area contributed by atoms with Gasteiger partial charge in [-0.05, 0) is 37.8 Å². The number of aromatic amines is 1. The van der Waals surface area contributed by atoms with Crippen molar-refractivity contribution in [1.82, 2.24) is 15.3 Å². The number of aromatic nitrogens is 2. The Hall–Kier alpha value is -1.26. The topological polar surface area (TPSA) is 40.7 Å². The molecular weight excluding hydrogens is 242 g/mol. The molecule has 0 aliphatic carbocycles. The summed E-state index contributed by atoms with van der Waals surface area (Å²) < 4.78 is 0. The first-order chi connectivity index (χ1) is 8.69. The highest BCUT2D eigenvalue weighted by Crippen LogP contribution is 2.19. The highest BCUT2D eigenvalue weighted by molar-refractivity contribution is 7.98. The van der Waals surface area contributed by atoms with E-state index in [9.17, 15) is 0 Å². The van der Waals surface area contributed by atoms with E-state index in [1.807, 2.05) is 13.1 Å². The molecule has 0 bridgehead atoms. The SMILES string of the molecule is CSc1ccc(C(C)NCc2cnc(C)[nH]2)cc1. The van der Waals surface area contributed by atoms with Crippen molar-refractivity contribution in [3.63, 3.8) is 0 Å². The van der Waals surface area contributed by atoms with Crippen LogP contribution in [0.25, 0.3) is 0 Å². The van der Waals surface area contributed by atoms with Crippen LogP contribution in [0.1, 0.15) is 30.0 Å². The molecule has 0 saturated carbocycles. The smallest absolute Gasteiger partial charge is 0.103 e. The quantitative estimate of drug-likeness (QED) is 0.811. The van der Waals surface area contributed by atoms with Gasteiger partial charge in [0, 0.05) is 29.4 Å². The molecule has 2 aromatic rings. The molecule has 4 heteroatoms. The highest BCUT2D eigenvalue weighted by Gasteiger charge is 2.05. The van der Waals surface area contributed by atoms with E-state index < -0.39 is 0 Å². The summed E-state index contributed by atoms with van der Waals surface area (Å²) in [6, 6.07) is 9.03. The van der Waals surface area contributed by atoms with E-state index in [1.54, 1.807) is 11.8 Å². The number of H-pyrrole nitrogens is 1. The first-order valence-electron chi connectivity index (χ1n) is 6.07. The van der Waals surface area contributed by atoms with Gasteiger partial charge in [0.1, 0.15) is 5.82 Å². The van der Waals surface area contributed by atoms with Gasteiger partial charge in [0.05, 0.1) is 0 Å². The number of nitrogens with one attached hydrogen (secondary N) is 2. The van der Waals surface area contributed by atoms with Crippen molar-refractivity contribution in [2.75, 3.05) is 6.26 Å². The molecule has 0 aliphatic rings. The summed E-state index contributed by atoms with van der Waals surface area (Å²) in [5.74, 6) is 0.962. The van der Waals surface area contributed by atoms with Crippen LogP contribution in [-0.2, 0) is 6.54 Å². The van der Waals surface area contributed by atoms with E-state index in [1.165, 1.54) is 10.5 Å². The van der Waals surface area contributed by atoms with Crippen LogP contribution in [0.2, 0.25) is 0 Å². The fourth-order valence-corrected chi connectivity index (χ4v) is 2.24. The fraction of sp³-hybridized carbons (Fsp3) is 0.357. The minimum absolute atomic E-state index is 0.338. The molecule has 2 N–H and O–H groups in total. The number of nitrogens with zero attached hydrogens (tertiary/aromatic N) is 1. The molecule has 1 aromatic heterocycles. The van der Waals surface area contributed by atoms with Gasteiger partial charge in [-0.1, -0.05) is 12.1 Å². The van der Waals surface area contributed by atoms with Gasteiger partial charge >= 0.3 is 0 Å². The van der Waals surface area contributed by atoms with Crippen LogP contribution in [0.15, 0.2) is 35.4 Å². The van der Waals surface area contributed by atoms with E-state index in [0.717, 1.165) is 18.1 Å². The van der Waals surface area contributed by atoms with Crippen molar-refractivity contribution < 1.29 is 0 Å². The summed E-state index contributed by atoms with van der Waals surface area (Å²) in [5.41, 5.74) is 2.43. The van der Waals surface area contributed by atoms with Crippen molar-refractivity contribution in [3.8, 4) is 0 Å². The summed E-state index contributed by atoms with van der Waals surface area (Å²) in [4.78, 5) is 8.72. The molecule has 0 radical (unpaired) electrons. The van der Waals surface area contributed by atoms with E-state index >= 15 is 0 Å². The number of aryl methyl sites for hydroxylation is 1. The Bertz CT molecular complexity index is 490. The third-order valence-electron chi connectivity index (χ3n) is 2.97. The summed E-state index contributed by atoms with van der Waals surface area (Å²) >= 11 is 1.77. The van der Waals surface area contributed by atoms with Crippen molar-refractivity contribution >= 4 is 11.8 Å². The number of imidazole rings is 1. The van der Waals surface area contributed by atoms with Crippen LogP contribution in [-0.4, -0.2) is 16.2 Å². The summed E-state index contributed by atoms with van der Waals surface area (Å²) in [7, 11) is 0. The van der Waals surface area contributed by atoms with Crippen LogP contribution in [0.5, 0.6) is 0 Å². The molecule has 0 spiro atoms. The zero-order valence-electron chi connectivity index (χ0n) is 11.0. The summed E-state index contributed by atoms with van der Waals surface area (Å²) in [5, 5.41) is 3.49. The molecule has 1 heterocycles. The van der Waals surface area contributed by atoms with Crippen LogP contribution >= 0.6 is 11.8 Å². The Kier molecular flexibility index (Phi) is 4.44. The molecule has 0 fully saturated rings. The average molecular weight is 261 g/mol. The molecule has 1 atom stereocenters. The Labute approximate surface area is 112 Å². The van der Waals surface area contributed by atoms with Crippen LogP contribution in [0.3, 0.4) is 0 Å². The number of hydrogen-bond donors (Lipinski definition) is 2. The van der Waals surface area contributed by atoms with Gasteiger partial charge in [0.15, 0.2) is 0 Å². The Balaban J connectivity index is 1.92. The molecule has 0 amide bonds. The standard InChI is InChI=1S/C14H19N3S/c1-10(12-4-6-14(18-3)7-5-12)15-8-13-9-16-11(2)17-13/h4-7,9-10,15H,8H2,1-3H3,(H,16,17). The fourth-order valence-electron chi connectivity index (χ4n) is 1.83. The lowest BCUT2D eigenvalue weighted by molar-refractivity contribution is 0.568. The molecule has 1 aromatic carbocycles. The van der Waals surface area contributed by atoms with Gasteiger partial charge in [-0.15, -0.1) is 11.8 Å². The van der Waals surface area contributed by atoms with Crippen molar-refractivity contribution in [2.24, 2.45) is 0 Å². The lowest BCUT2D eigenvalue weighted by Crippen LogP contribution is -2.18. The second kappa shape index (κ2) is 6.07. The van der Waals surface area contributed by atoms with E-state index in [4.69, 9.17) is 0 Å². The van der Waals surface area contributed by atoms with Gasteiger partial charge in [-0.2, -0.15) is 0 Å². The Morgan fingerprint density at radius 2 is 2.06 bits per heavy atom. The summed E-state index contributed by atoms with van der Waals surface area (Å²) in [6.45, 7) is 4.96. The van der Waals surface area contributed by atoms with E-state index in [-0.39, 0.29) is 0 Å². The molecule has 96 valence electrons. The monoisotopic (exact) mass is 261 g/mol. The number of rotatable bonds is 5. The molecule has 2 rings (SSSR count). The second-order valence-corrected chi connectivity index (χ2v) is 5.25. The molecule has 3 nitrogen and oxygen atoms in total. The largest absolute Gasteiger partial charge is 0.345 e. The van der Waals surface area contributed by atoms with Crippen LogP contribution < -0.4 is 5.32 Å². The maximum absolute atomic E-state index is 4.19. The lowest BCUT2D eigenvalue weighted by atomic mass is 10.1. The lowest BCUT2D eigenvalue weighted by Gasteiger charge is -2.13. The normalized spacial score (nSPS) is 12.6. The molecular formula is C14H19N3S. The van der Waals surface area contributed by atoms with E-state index in [0.29, 0.717) is 6.04 Å². The van der Waals surface area contributed by atoms with Gasteiger partial charge in [-0.25, -0.2) is 4.98 Å². The Morgan fingerprint density at radius 3 is 2.61 bits per heavy atom. The minimum Gasteiger partial charge on any atom is -0.345 e. The number of thioether (sulfide) groups is 1. The second-order valence-electron chi connectivity index (χ2n) is 4.37. The summed E-state index contributed by atoms with van der Waals surface area (Å²) in [6.07, 6.45) is 3.98. The van der Waals surface area contributed by atoms with Crippen molar-refractivity contribution in [1.29, 1.82) is 0 Å². The highest BCUT2D eigenvalue weighted by atomic mass is 32.2. The minimum atomic E-state index is 0.338.